The lowest BCUT2D eigenvalue weighted by Gasteiger charge is -2.13. The van der Waals surface area contributed by atoms with E-state index in [1.165, 1.54) is 6.20 Å². The van der Waals surface area contributed by atoms with Crippen molar-refractivity contribution in [3.63, 3.8) is 0 Å². The molecule has 1 aromatic carbocycles. The summed E-state index contributed by atoms with van der Waals surface area (Å²) in [5.74, 6) is 0.533. The molecule has 0 aliphatic rings. The van der Waals surface area contributed by atoms with Gasteiger partial charge in [-0.15, -0.1) is 0 Å². The van der Waals surface area contributed by atoms with Crippen molar-refractivity contribution in [2.45, 2.75) is 26.2 Å². The second kappa shape index (κ2) is 8.06. The maximum absolute atomic E-state index is 12.4. The summed E-state index contributed by atoms with van der Waals surface area (Å²) in [5, 5.41) is 3.24. The number of pyridine rings is 1. The number of carbonyl (C=O) groups excluding carboxylic acids is 1. The summed E-state index contributed by atoms with van der Waals surface area (Å²) in [4.78, 5) is 25.0. The molecule has 2 heterocycles. The number of benzene rings is 1. The van der Waals surface area contributed by atoms with Gasteiger partial charge in [-0.05, 0) is 49.1 Å². The minimum Gasteiger partial charge on any atom is -0.307 e. The molecule has 0 saturated heterocycles. The van der Waals surface area contributed by atoms with E-state index in [4.69, 9.17) is 11.6 Å². The van der Waals surface area contributed by atoms with Gasteiger partial charge in [0.05, 0.1) is 11.9 Å². The number of hydrogen-bond donors (Lipinski definition) is 1. The smallest absolute Gasteiger partial charge is 0.256 e. The zero-order valence-electron chi connectivity index (χ0n) is 14.6. The number of anilines is 1. The Bertz CT molecular complexity index is 929. The van der Waals surface area contributed by atoms with Gasteiger partial charge in [0, 0.05) is 18.0 Å². The Morgan fingerprint density at radius 3 is 2.85 bits per heavy atom. The van der Waals surface area contributed by atoms with Gasteiger partial charge in [0.1, 0.15) is 11.0 Å². The quantitative estimate of drug-likeness (QED) is 0.725. The zero-order valence-corrected chi connectivity index (χ0v) is 15.4. The minimum absolute atomic E-state index is 0.174. The van der Waals surface area contributed by atoms with Gasteiger partial charge < -0.3 is 5.32 Å². The molecule has 0 fully saturated rings. The SMILES string of the molecule is Cc1cccc(C(=O)Nc2cc([C@H](C)Cc3cncc(Cl)n3)ccn2)c1. The number of carbonyl (C=O) groups is 1. The van der Waals surface area contributed by atoms with Crippen LogP contribution < -0.4 is 5.32 Å². The van der Waals surface area contributed by atoms with Crippen LogP contribution >= 0.6 is 11.6 Å². The van der Waals surface area contributed by atoms with Gasteiger partial charge in [0.25, 0.3) is 5.91 Å². The van der Waals surface area contributed by atoms with Gasteiger partial charge in [0.2, 0.25) is 0 Å². The monoisotopic (exact) mass is 366 g/mol. The Morgan fingerprint density at radius 1 is 1.23 bits per heavy atom. The number of nitrogens with zero attached hydrogens (tertiary/aromatic N) is 3. The van der Waals surface area contributed by atoms with Crippen LogP contribution in [-0.4, -0.2) is 20.9 Å². The number of hydrogen-bond acceptors (Lipinski definition) is 4. The summed E-state index contributed by atoms with van der Waals surface area (Å²) in [6.07, 6.45) is 5.62. The maximum atomic E-state index is 12.4. The number of aryl methyl sites for hydroxylation is 1. The molecule has 1 atom stereocenters. The third-order valence-electron chi connectivity index (χ3n) is 4.05. The highest BCUT2D eigenvalue weighted by atomic mass is 35.5. The van der Waals surface area contributed by atoms with Crippen molar-refractivity contribution >= 4 is 23.3 Å². The Hall–Kier alpha value is -2.79. The van der Waals surface area contributed by atoms with E-state index in [9.17, 15) is 4.79 Å². The van der Waals surface area contributed by atoms with Crippen molar-refractivity contribution in [2.24, 2.45) is 0 Å². The van der Waals surface area contributed by atoms with Crippen molar-refractivity contribution in [1.82, 2.24) is 15.0 Å². The lowest BCUT2D eigenvalue weighted by Crippen LogP contribution is -2.13. The molecule has 0 bridgehead atoms. The van der Waals surface area contributed by atoms with Crippen molar-refractivity contribution in [3.8, 4) is 0 Å². The highest BCUT2D eigenvalue weighted by Crippen LogP contribution is 2.22. The molecule has 0 radical (unpaired) electrons. The molecule has 0 aliphatic heterocycles. The lowest BCUT2D eigenvalue weighted by atomic mass is 9.97. The number of amides is 1. The number of nitrogens with one attached hydrogen (secondary N) is 1. The highest BCUT2D eigenvalue weighted by molar-refractivity contribution is 6.29. The predicted octanol–water partition coefficient (Wildman–Crippen LogP) is 4.43. The van der Waals surface area contributed by atoms with Crippen LogP contribution in [-0.2, 0) is 6.42 Å². The normalized spacial score (nSPS) is 11.8. The molecule has 0 unspecified atom stereocenters. The van der Waals surface area contributed by atoms with E-state index >= 15 is 0 Å². The molecule has 5 nitrogen and oxygen atoms in total. The molecule has 1 N–H and O–H groups in total. The number of rotatable bonds is 5. The third kappa shape index (κ3) is 4.64. The first kappa shape index (κ1) is 18.0. The maximum Gasteiger partial charge on any atom is 0.256 e. The molecule has 3 aromatic rings. The lowest BCUT2D eigenvalue weighted by molar-refractivity contribution is 0.102. The van der Waals surface area contributed by atoms with Crippen LogP contribution in [0.5, 0.6) is 0 Å². The van der Waals surface area contributed by atoms with E-state index in [1.54, 1.807) is 18.5 Å². The van der Waals surface area contributed by atoms with E-state index in [0.717, 1.165) is 16.8 Å². The summed E-state index contributed by atoms with van der Waals surface area (Å²) in [6.45, 7) is 4.04. The zero-order chi connectivity index (χ0) is 18.5. The second-order valence-electron chi connectivity index (χ2n) is 6.24. The van der Waals surface area contributed by atoms with Gasteiger partial charge in [-0.25, -0.2) is 9.97 Å². The Balaban J connectivity index is 1.72. The number of halogens is 1. The van der Waals surface area contributed by atoms with Gasteiger partial charge in [0.15, 0.2) is 0 Å². The Kier molecular flexibility index (Phi) is 5.58. The molecule has 6 heteroatoms. The van der Waals surface area contributed by atoms with Crippen molar-refractivity contribution in [1.29, 1.82) is 0 Å². The van der Waals surface area contributed by atoms with Crippen molar-refractivity contribution in [2.75, 3.05) is 5.32 Å². The van der Waals surface area contributed by atoms with Gasteiger partial charge in [-0.1, -0.05) is 36.2 Å². The van der Waals surface area contributed by atoms with Crippen molar-refractivity contribution in [3.05, 3.63) is 82.5 Å². The summed E-state index contributed by atoms with van der Waals surface area (Å²) < 4.78 is 0. The molecule has 0 saturated carbocycles. The van der Waals surface area contributed by atoms with Crippen LogP contribution in [0.4, 0.5) is 5.82 Å². The van der Waals surface area contributed by atoms with Crippen LogP contribution in [0.2, 0.25) is 5.15 Å². The fourth-order valence-corrected chi connectivity index (χ4v) is 2.87. The van der Waals surface area contributed by atoms with Crippen LogP contribution in [0.15, 0.2) is 55.0 Å². The Morgan fingerprint density at radius 2 is 2.08 bits per heavy atom. The largest absolute Gasteiger partial charge is 0.307 e. The van der Waals surface area contributed by atoms with Gasteiger partial charge >= 0.3 is 0 Å². The standard InChI is InChI=1S/C20H19ClN4O/c1-13-4-3-5-16(8-13)20(26)25-19-10-15(6-7-23-19)14(2)9-17-11-22-12-18(21)24-17/h3-8,10-12,14H,9H2,1-2H3,(H,23,25,26)/t14-/m1/s1. The first-order valence-electron chi connectivity index (χ1n) is 8.31. The van der Waals surface area contributed by atoms with Crippen LogP contribution in [0, 0.1) is 6.92 Å². The first-order valence-corrected chi connectivity index (χ1v) is 8.69. The average Bonchev–Trinajstić information content (AvgIpc) is 2.62. The third-order valence-corrected chi connectivity index (χ3v) is 4.23. The molecular weight excluding hydrogens is 348 g/mol. The first-order chi connectivity index (χ1) is 12.5. The molecule has 132 valence electrons. The summed E-state index contributed by atoms with van der Waals surface area (Å²) in [5.41, 5.74) is 3.53. The summed E-state index contributed by atoms with van der Waals surface area (Å²) in [6, 6.07) is 11.3. The molecule has 3 rings (SSSR count). The number of aromatic nitrogens is 3. The van der Waals surface area contributed by atoms with Crippen LogP contribution in [0.25, 0.3) is 0 Å². The molecule has 0 aliphatic carbocycles. The fourth-order valence-electron chi connectivity index (χ4n) is 2.71. The van der Waals surface area contributed by atoms with Crippen molar-refractivity contribution < 1.29 is 4.79 Å². The topological polar surface area (TPSA) is 67.8 Å². The van der Waals surface area contributed by atoms with Crippen LogP contribution in [0.3, 0.4) is 0 Å². The van der Waals surface area contributed by atoms with E-state index in [0.29, 0.717) is 23.0 Å². The molecule has 1 amide bonds. The van der Waals surface area contributed by atoms with Gasteiger partial charge in [-0.2, -0.15) is 0 Å². The summed E-state index contributed by atoms with van der Waals surface area (Å²) in [7, 11) is 0. The molecule has 0 spiro atoms. The van der Waals surface area contributed by atoms with Crippen LogP contribution in [0.1, 0.15) is 40.0 Å². The van der Waals surface area contributed by atoms with E-state index in [-0.39, 0.29) is 11.8 Å². The van der Waals surface area contributed by atoms with E-state index in [2.05, 4.69) is 27.2 Å². The molecular formula is C20H19ClN4O. The summed E-state index contributed by atoms with van der Waals surface area (Å²) >= 11 is 5.90. The average molecular weight is 367 g/mol. The molecule has 26 heavy (non-hydrogen) atoms. The Labute approximate surface area is 157 Å². The highest BCUT2D eigenvalue weighted by Gasteiger charge is 2.12. The van der Waals surface area contributed by atoms with E-state index in [1.807, 2.05) is 37.3 Å². The molecule has 2 aromatic heterocycles. The van der Waals surface area contributed by atoms with Gasteiger partial charge in [-0.3, -0.25) is 9.78 Å². The predicted molar refractivity (Wildman–Crippen MR) is 103 cm³/mol. The van der Waals surface area contributed by atoms with E-state index < -0.39 is 0 Å². The second-order valence-corrected chi connectivity index (χ2v) is 6.62. The minimum atomic E-state index is -0.174. The fraction of sp³-hybridized carbons (Fsp3) is 0.200.